The Hall–Kier alpha value is -3.06. The number of nitro benzene ring substituents is 1. The number of hydrogen-bond donors (Lipinski definition) is 0. The van der Waals surface area contributed by atoms with Crippen molar-refractivity contribution in [2.75, 3.05) is 0 Å². The number of nitrogens with zero attached hydrogens (tertiary/aromatic N) is 3. The van der Waals surface area contributed by atoms with Crippen molar-refractivity contribution in [3.8, 4) is 11.3 Å². The fourth-order valence-corrected chi connectivity index (χ4v) is 3.17. The van der Waals surface area contributed by atoms with Crippen molar-refractivity contribution in [3.05, 3.63) is 76.0 Å². The monoisotopic (exact) mass is 351 g/mol. The van der Waals surface area contributed by atoms with Gasteiger partial charge in [-0.3, -0.25) is 14.9 Å². The normalized spacial score (nSPS) is 10.4. The second-order valence-electron chi connectivity index (χ2n) is 5.24. The lowest BCUT2D eigenvalue weighted by Gasteiger charge is -2.07. The highest BCUT2D eigenvalue weighted by atomic mass is 32.2. The Morgan fingerprint density at radius 2 is 1.84 bits per heavy atom. The molecule has 124 valence electrons. The Bertz CT molecular complexity index is 946. The quantitative estimate of drug-likeness (QED) is 0.294. The third-order valence-electron chi connectivity index (χ3n) is 3.44. The maximum Gasteiger partial charge on any atom is 0.270 e. The van der Waals surface area contributed by atoms with Crippen LogP contribution in [-0.2, 0) is 0 Å². The van der Waals surface area contributed by atoms with Crippen LogP contribution >= 0.6 is 11.8 Å². The van der Waals surface area contributed by atoms with Crippen LogP contribution in [0.15, 0.2) is 64.6 Å². The van der Waals surface area contributed by atoms with E-state index in [1.54, 1.807) is 6.07 Å². The van der Waals surface area contributed by atoms with Gasteiger partial charge in [0.25, 0.3) is 5.69 Å². The van der Waals surface area contributed by atoms with Gasteiger partial charge >= 0.3 is 0 Å². The highest BCUT2D eigenvalue weighted by molar-refractivity contribution is 7.99. The highest BCUT2D eigenvalue weighted by Crippen LogP contribution is 2.31. The zero-order valence-corrected chi connectivity index (χ0v) is 14.1. The molecule has 0 aliphatic heterocycles. The number of aryl methyl sites for hydroxylation is 1. The molecule has 0 saturated heterocycles. The molecule has 0 atom stereocenters. The van der Waals surface area contributed by atoms with E-state index in [0.717, 1.165) is 17.0 Å². The molecule has 0 radical (unpaired) electrons. The van der Waals surface area contributed by atoms with E-state index in [2.05, 4.69) is 9.97 Å². The molecule has 0 aliphatic carbocycles. The van der Waals surface area contributed by atoms with Crippen molar-refractivity contribution in [3.63, 3.8) is 0 Å². The molecular weight excluding hydrogens is 338 g/mol. The summed E-state index contributed by atoms with van der Waals surface area (Å²) in [6.45, 7) is 1.87. The lowest BCUT2D eigenvalue weighted by Crippen LogP contribution is -1.96. The Balaban J connectivity index is 1.97. The van der Waals surface area contributed by atoms with Crippen LogP contribution in [0.2, 0.25) is 0 Å². The Kier molecular flexibility index (Phi) is 4.85. The van der Waals surface area contributed by atoms with E-state index in [1.165, 1.54) is 23.9 Å². The summed E-state index contributed by atoms with van der Waals surface area (Å²) in [5.41, 5.74) is 2.66. The Labute approximate surface area is 148 Å². The van der Waals surface area contributed by atoms with E-state index in [9.17, 15) is 14.9 Å². The molecule has 1 aromatic heterocycles. The molecule has 0 saturated carbocycles. The predicted molar refractivity (Wildman–Crippen MR) is 94.8 cm³/mol. The summed E-state index contributed by atoms with van der Waals surface area (Å²) in [5, 5.41) is 11.3. The van der Waals surface area contributed by atoms with E-state index < -0.39 is 4.92 Å². The number of nitro groups is 1. The second kappa shape index (κ2) is 7.23. The first-order chi connectivity index (χ1) is 12.1. The molecule has 0 amide bonds. The van der Waals surface area contributed by atoms with Crippen molar-refractivity contribution in [1.29, 1.82) is 0 Å². The fourth-order valence-electron chi connectivity index (χ4n) is 2.28. The molecule has 3 rings (SSSR count). The van der Waals surface area contributed by atoms with Crippen LogP contribution < -0.4 is 0 Å². The molecule has 1 heterocycles. The van der Waals surface area contributed by atoms with Gasteiger partial charge in [-0.05, 0) is 30.8 Å². The van der Waals surface area contributed by atoms with E-state index in [1.807, 2.05) is 43.3 Å². The van der Waals surface area contributed by atoms with Crippen LogP contribution in [0.4, 0.5) is 5.69 Å². The average Bonchev–Trinajstić information content (AvgIpc) is 2.62. The minimum absolute atomic E-state index is 0.124. The van der Waals surface area contributed by atoms with Gasteiger partial charge in [-0.1, -0.05) is 30.3 Å². The van der Waals surface area contributed by atoms with E-state index in [4.69, 9.17) is 0 Å². The van der Waals surface area contributed by atoms with Gasteiger partial charge in [0.1, 0.15) is 0 Å². The van der Waals surface area contributed by atoms with Gasteiger partial charge in [-0.2, -0.15) is 0 Å². The topological polar surface area (TPSA) is 86.0 Å². The summed E-state index contributed by atoms with van der Waals surface area (Å²) in [7, 11) is 0. The standard InChI is InChI=1S/C18H13N3O3S/c1-12-9-16(13-5-3-2-4-6-13)20-18(19-12)25-17-8-7-15(21(23)24)10-14(17)11-22/h2-11H,1H3. The van der Waals surface area contributed by atoms with Gasteiger partial charge in [-0.15, -0.1) is 0 Å². The van der Waals surface area contributed by atoms with E-state index in [0.29, 0.717) is 16.3 Å². The lowest BCUT2D eigenvalue weighted by molar-refractivity contribution is -0.384. The molecule has 0 unspecified atom stereocenters. The van der Waals surface area contributed by atoms with Crippen molar-refractivity contribution in [2.24, 2.45) is 0 Å². The summed E-state index contributed by atoms with van der Waals surface area (Å²) >= 11 is 1.21. The van der Waals surface area contributed by atoms with Crippen LogP contribution in [0, 0.1) is 17.0 Å². The first kappa shape index (κ1) is 16.8. The van der Waals surface area contributed by atoms with Crippen molar-refractivity contribution in [2.45, 2.75) is 17.0 Å². The minimum Gasteiger partial charge on any atom is -0.298 e. The Morgan fingerprint density at radius 3 is 2.52 bits per heavy atom. The fraction of sp³-hybridized carbons (Fsp3) is 0.0556. The van der Waals surface area contributed by atoms with Crippen molar-refractivity contribution >= 4 is 23.7 Å². The SMILES string of the molecule is Cc1cc(-c2ccccc2)nc(Sc2ccc([N+](=O)[O-])cc2C=O)n1. The van der Waals surface area contributed by atoms with Crippen LogP contribution in [0.3, 0.4) is 0 Å². The van der Waals surface area contributed by atoms with Gasteiger partial charge < -0.3 is 0 Å². The molecule has 6 nitrogen and oxygen atoms in total. The predicted octanol–water partition coefficient (Wildman–Crippen LogP) is 4.32. The number of rotatable bonds is 5. The summed E-state index contributed by atoms with van der Waals surface area (Å²) in [4.78, 5) is 31.1. The van der Waals surface area contributed by atoms with Crippen LogP contribution in [0.1, 0.15) is 16.1 Å². The summed E-state index contributed by atoms with van der Waals surface area (Å²) in [5.74, 6) is 0. The smallest absolute Gasteiger partial charge is 0.270 e. The maximum atomic E-state index is 11.3. The average molecular weight is 351 g/mol. The van der Waals surface area contributed by atoms with Crippen LogP contribution in [-0.4, -0.2) is 21.2 Å². The number of carbonyl (C=O) groups is 1. The first-order valence-electron chi connectivity index (χ1n) is 7.39. The molecule has 0 N–H and O–H groups in total. The number of aldehydes is 1. The molecule has 25 heavy (non-hydrogen) atoms. The molecule has 0 bridgehead atoms. The van der Waals surface area contributed by atoms with E-state index in [-0.39, 0.29) is 11.3 Å². The first-order valence-corrected chi connectivity index (χ1v) is 8.21. The van der Waals surface area contributed by atoms with Crippen LogP contribution in [0.5, 0.6) is 0 Å². The molecule has 2 aromatic carbocycles. The zero-order chi connectivity index (χ0) is 17.8. The van der Waals surface area contributed by atoms with Gasteiger partial charge in [0.2, 0.25) is 0 Å². The molecule has 0 spiro atoms. The minimum atomic E-state index is -0.530. The third-order valence-corrected chi connectivity index (χ3v) is 4.39. The summed E-state index contributed by atoms with van der Waals surface area (Å²) in [6, 6.07) is 15.8. The number of aromatic nitrogens is 2. The number of non-ortho nitro benzene ring substituents is 1. The van der Waals surface area contributed by atoms with Crippen LogP contribution in [0.25, 0.3) is 11.3 Å². The molecular formula is C18H13N3O3S. The molecule has 7 heteroatoms. The molecule has 3 aromatic rings. The number of hydrogen-bond acceptors (Lipinski definition) is 6. The van der Waals surface area contributed by atoms with Gasteiger partial charge in [0, 0.05) is 33.8 Å². The van der Waals surface area contributed by atoms with Gasteiger partial charge in [0.05, 0.1) is 10.6 Å². The Morgan fingerprint density at radius 1 is 1.08 bits per heavy atom. The van der Waals surface area contributed by atoms with Gasteiger partial charge in [0.15, 0.2) is 11.4 Å². The number of benzene rings is 2. The lowest BCUT2D eigenvalue weighted by atomic mass is 10.1. The third kappa shape index (κ3) is 3.89. The maximum absolute atomic E-state index is 11.3. The summed E-state index contributed by atoms with van der Waals surface area (Å²) in [6.07, 6.45) is 0.600. The highest BCUT2D eigenvalue weighted by Gasteiger charge is 2.13. The molecule has 0 fully saturated rings. The zero-order valence-electron chi connectivity index (χ0n) is 13.2. The van der Waals surface area contributed by atoms with Crippen molar-refractivity contribution < 1.29 is 9.72 Å². The second-order valence-corrected chi connectivity index (χ2v) is 6.25. The molecule has 0 aliphatic rings. The van der Waals surface area contributed by atoms with E-state index >= 15 is 0 Å². The summed E-state index contributed by atoms with van der Waals surface area (Å²) < 4.78 is 0. The number of carbonyl (C=O) groups excluding carboxylic acids is 1. The van der Waals surface area contributed by atoms with Crippen molar-refractivity contribution in [1.82, 2.24) is 9.97 Å². The largest absolute Gasteiger partial charge is 0.298 e. The van der Waals surface area contributed by atoms with Gasteiger partial charge in [-0.25, -0.2) is 9.97 Å².